The Bertz CT molecular complexity index is 784. The lowest BCUT2D eigenvalue weighted by molar-refractivity contribution is 0.0943. The molecule has 1 heterocycles. The molecule has 2 heteroatoms. The average Bonchev–Trinajstić information content (AvgIpc) is 2.83. The van der Waals surface area contributed by atoms with Crippen LogP contribution in [0.1, 0.15) is 30.6 Å². The molecule has 0 fully saturated rings. The van der Waals surface area contributed by atoms with Crippen molar-refractivity contribution in [3.05, 3.63) is 60.2 Å². The average molecular weight is 277 g/mol. The molecule has 0 spiro atoms. The van der Waals surface area contributed by atoms with E-state index >= 15 is 0 Å². The number of aryl methyl sites for hydroxylation is 1. The summed E-state index contributed by atoms with van der Waals surface area (Å²) in [6.45, 7) is 3.81. The summed E-state index contributed by atoms with van der Waals surface area (Å²) < 4.78 is 1.86. The number of hydrogen-bond acceptors (Lipinski definition) is 1. The highest BCUT2D eigenvalue weighted by Crippen LogP contribution is 2.34. The topological polar surface area (TPSA) is 22.0 Å². The predicted molar refractivity (Wildman–Crippen MR) is 87.7 cm³/mol. The van der Waals surface area contributed by atoms with Crippen LogP contribution in [-0.4, -0.2) is 10.5 Å². The van der Waals surface area contributed by atoms with Crippen LogP contribution >= 0.6 is 0 Å². The smallest absolute Gasteiger partial charge is 0.228 e. The number of carbonyl (C=O) groups is 1. The van der Waals surface area contributed by atoms with Gasteiger partial charge in [-0.3, -0.25) is 9.36 Å². The fraction of sp³-hybridized carbons (Fsp3) is 0.211. The number of hydrogen-bond donors (Lipinski definition) is 0. The quantitative estimate of drug-likeness (QED) is 0.666. The SMILES string of the molecule is CCCc1c(-c2ccccc2)n(C(C)=O)c2ccccc12. The molecule has 2 nitrogen and oxygen atoms in total. The van der Waals surface area contributed by atoms with E-state index in [0.29, 0.717) is 0 Å². The molecule has 0 aliphatic heterocycles. The molecule has 1 aromatic heterocycles. The van der Waals surface area contributed by atoms with Crippen LogP contribution in [0.25, 0.3) is 22.2 Å². The molecule has 0 saturated heterocycles. The third kappa shape index (κ3) is 2.27. The van der Waals surface area contributed by atoms with E-state index in [1.807, 2.05) is 41.0 Å². The molecule has 106 valence electrons. The van der Waals surface area contributed by atoms with Gasteiger partial charge < -0.3 is 0 Å². The Morgan fingerprint density at radius 2 is 1.67 bits per heavy atom. The maximum absolute atomic E-state index is 12.2. The van der Waals surface area contributed by atoms with Crippen molar-refractivity contribution in [2.75, 3.05) is 0 Å². The summed E-state index contributed by atoms with van der Waals surface area (Å²) in [6.07, 6.45) is 2.04. The van der Waals surface area contributed by atoms with Gasteiger partial charge in [-0.05, 0) is 23.6 Å². The van der Waals surface area contributed by atoms with Gasteiger partial charge >= 0.3 is 0 Å². The van der Waals surface area contributed by atoms with Crippen LogP contribution in [0, 0.1) is 0 Å². The van der Waals surface area contributed by atoms with Gasteiger partial charge in [0, 0.05) is 12.3 Å². The minimum atomic E-state index is 0.0624. The number of nitrogens with zero attached hydrogens (tertiary/aromatic N) is 1. The van der Waals surface area contributed by atoms with E-state index in [1.165, 1.54) is 10.9 Å². The lowest BCUT2D eigenvalue weighted by atomic mass is 10.0. The molecule has 3 aromatic rings. The van der Waals surface area contributed by atoms with Gasteiger partial charge in [-0.2, -0.15) is 0 Å². The standard InChI is InChI=1S/C19H19NO/c1-3-9-17-16-12-7-8-13-18(16)20(14(2)21)19(17)15-10-5-4-6-11-15/h4-8,10-13H,3,9H2,1-2H3. The van der Waals surface area contributed by atoms with E-state index < -0.39 is 0 Å². The first kappa shape index (κ1) is 13.6. The van der Waals surface area contributed by atoms with Crippen molar-refractivity contribution < 1.29 is 4.79 Å². The molecule has 0 unspecified atom stereocenters. The lowest BCUT2D eigenvalue weighted by Crippen LogP contribution is -2.07. The zero-order valence-corrected chi connectivity index (χ0v) is 12.5. The van der Waals surface area contributed by atoms with E-state index in [4.69, 9.17) is 0 Å². The summed E-state index contributed by atoms with van der Waals surface area (Å²) in [7, 11) is 0. The van der Waals surface area contributed by atoms with E-state index in [2.05, 4.69) is 25.1 Å². The first-order valence-corrected chi connectivity index (χ1v) is 7.42. The van der Waals surface area contributed by atoms with Gasteiger partial charge in [0.05, 0.1) is 11.2 Å². The normalized spacial score (nSPS) is 11.0. The molecule has 2 aromatic carbocycles. The van der Waals surface area contributed by atoms with Crippen LogP contribution in [0.15, 0.2) is 54.6 Å². The van der Waals surface area contributed by atoms with Crippen molar-refractivity contribution in [2.45, 2.75) is 26.7 Å². The van der Waals surface area contributed by atoms with Crippen molar-refractivity contribution >= 4 is 16.8 Å². The van der Waals surface area contributed by atoms with Crippen molar-refractivity contribution in [3.63, 3.8) is 0 Å². The molecule has 0 aliphatic rings. The van der Waals surface area contributed by atoms with Crippen LogP contribution < -0.4 is 0 Å². The first-order chi connectivity index (χ1) is 10.2. The van der Waals surface area contributed by atoms with Crippen LogP contribution in [-0.2, 0) is 6.42 Å². The number of carbonyl (C=O) groups excluding carboxylic acids is 1. The summed E-state index contributed by atoms with van der Waals surface area (Å²) in [5, 5.41) is 1.19. The van der Waals surface area contributed by atoms with Gasteiger partial charge in [-0.15, -0.1) is 0 Å². The Labute approximate surface area is 125 Å². The Kier molecular flexibility index (Phi) is 3.61. The maximum Gasteiger partial charge on any atom is 0.228 e. The minimum absolute atomic E-state index is 0.0624. The molecule has 0 bridgehead atoms. The van der Waals surface area contributed by atoms with Crippen LogP contribution in [0.3, 0.4) is 0 Å². The van der Waals surface area contributed by atoms with Crippen molar-refractivity contribution in [3.8, 4) is 11.3 Å². The third-order valence-electron chi connectivity index (χ3n) is 3.84. The number of fused-ring (bicyclic) bond motifs is 1. The Morgan fingerprint density at radius 1 is 1.00 bits per heavy atom. The molecular formula is C19H19NO. The van der Waals surface area contributed by atoms with Crippen LogP contribution in [0.4, 0.5) is 0 Å². The minimum Gasteiger partial charge on any atom is -0.280 e. The van der Waals surface area contributed by atoms with E-state index in [0.717, 1.165) is 29.6 Å². The Balaban J connectivity index is 2.42. The van der Waals surface area contributed by atoms with Gasteiger partial charge in [0.25, 0.3) is 0 Å². The molecule has 0 N–H and O–H groups in total. The van der Waals surface area contributed by atoms with Crippen molar-refractivity contribution in [1.29, 1.82) is 0 Å². The van der Waals surface area contributed by atoms with Crippen LogP contribution in [0.5, 0.6) is 0 Å². The summed E-state index contributed by atoms with van der Waals surface area (Å²) in [4.78, 5) is 12.2. The molecular weight excluding hydrogens is 258 g/mol. The van der Waals surface area contributed by atoms with Gasteiger partial charge in [-0.25, -0.2) is 0 Å². The molecule has 3 rings (SSSR count). The second-order valence-electron chi connectivity index (χ2n) is 5.31. The molecule has 0 saturated carbocycles. The highest BCUT2D eigenvalue weighted by atomic mass is 16.1. The van der Waals surface area contributed by atoms with E-state index in [1.54, 1.807) is 6.92 Å². The van der Waals surface area contributed by atoms with Crippen molar-refractivity contribution in [1.82, 2.24) is 4.57 Å². The van der Waals surface area contributed by atoms with Gasteiger partial charge in [0.1, 0.15) is 0 Å². The first-order valence-electron chi connectivity index (χ1n) is 7.42. The molecule has 0 aliphatic carbocycles. The fourth-order valence-corrected chi connectivity index (χ4v) is 3.04. The molecule has 0 radical (unpaired) electrons. The zero-order valence-electron chi connectivity index (χ0n) is 12.5. The highest BCUT2D eigenvalue weighted by Gasteiger charge is 2.19. The molecule has 0 atom stereocenters. The largest absolute Gasteiger partial charge is 0.280 e. The van der Waals surface area contributed by atoms with Gasteiger partial charge in [-0.1, -0.05) is 61.9 Å². The lowest BCUT2D eigenvalue weighted by Gasteiger charge is -2.09. The zero-order chi connectivity index (χ0) is 14.8. The van der Waals surface area contributed by atoms with Crippen molar-refractivity contribution in [2.24, 2.45) is 0 Å². The summed E-state index contributed by atoms with van der Waals surface area (Å²) in [5.74, 6) is 0.0624. The van der Waals surface area contributed by atoms with Gasteiger partial charge in [0.15, 0.2) is 0 Å². The summed E-state index contributed by atoms with van der Waals surface area (Å²) >= 11 is 0. The Hall–Kier alpha value is -2.35. The summed E-state index contributed by atoms with van der Waals surface area (Å²) in [5.41, 5.74) is 4.43. The maximum atomic E-state index is 12.2. The number of rotatable bonds is 3. The molecule has 0 amide bonds. The monoisotopic (exact) mass is 277 g/mol. The predicted octanol–water partition coefficient (Wildman–Crippen LogP) is 4.92. The fourth-order valence-electron chi connectivity index (χ4n) is 3.04. The highest BCUT2D eigenvalue weighted by molar-refractivity contribution is 6.00. The number of para-hydroxylation sites is 1. The number of benzene rings is 2. The van der Waals surface area contributed by atoms with Gasteiger partial charge in [0.2, 0.25) is 5.91 Å². The van der Waals surface area contributed by atoms with Crippen LogP contribution in [0.2, 0.25) is 0 Å². The van der Waals surface area contributed by atoms with E-state index in [9.17, 15) is 4.79 Å². The molecule has 21 heavy (non-hydrogen) atoms. The van der Waals surface area contributed by atoms with E-state index in [-0.39, 0.29) is 5.91 Å². The third-order valence-corrected chi connectivity index (χ3v) is 3.84. The second kappa shape index (κ2) is 5.57. The number of aromatic nitrogens is 1. The summed E-state index contributed by atoms with van der Waals surface area (Å²) in [6, 6.07) is 18.4. The second-order valence-corrected chi connectivity index (χ2v) is 5.31. The Morgan fingerprint density at radius 3 is 2.33 bits per heavy atom.